The number of nitrogens with one attached hydrogen (secondary N) is 1. The van der Waals surface area contributed by atoms with Crippen LogP contribution in [-0.4, -0.2) is 48.9 Å². The van der Waals surface area contributed by atoms with Crippen molar-refractivity contribution < 1.29 is 9.47 Å². The third-order valence-electron chi connectivity index (χ3n) is 6.72. The van der Waals surface area contributed by atoms with Crippen LogP contribution in [0.2, 0.25) is 0 Å². The Hall–Kier alpha value is -2.02. The third-order valence-corrected chi connectivity index (χ3v) is 6.72. The summed E-state index contributed by atoms with van der Waals surface area (Å²) in [6.45, 7) is 6.81. The van der Waals surface area contributed by atoms with Crippen LogP contribution in [-0.2, 0) is 13.6 Å². The maximum atomic E-state index is 12.3. The largest absolute Gasteiger partial charge is 0.496 e. The number of rotatable bonds is 5. The van der Waals surface area contributed by atoms with Crippen LogP contribution in [0.15, 0.2) is 23.1 Å². The number of piperazine rings is 1. The molecule has 0 radical (unpaired) electrons. The number of pyridine rings is 1. The van der Waals surface area contributed by atoms with Crippen molar-refractivity contribution in [1.29, 1.82) is 0 Å². The zero-order chi connectivity index (χ0) is 20.7. The quantitative estimate of drug-likeness (QED) is 0.785. The van der Waals surface area contributed by atoms with Gasteiger partial charge in [0.05, 0.1) is 19.8 Å². The van der Waals surface area contributed by atoms with Gasteiger partial charge in [-0.15, -0.1) is 12.4 Å². The van der Waals surface area contributed by atoms with Gasteiger partial charge >= 0.3 is 0 Å². The van der Waals surface area contributed by atoms with Crippen molar-refractivity contribution in [3.63, 3.8) is 0 Å². The lowest BCUT2D eigenvalue weighted by Crippen LogP contribution is -2.51. The Labute approximate surface area is 184 Å². The predicted molar refractivity (Wildman–Crippen MR) is 122 cm³/mol. The summed E-state index contributed by atoms with van der Waals surface area (Å²) in [4.78, 5) is 14.9. The number of hydrogen-bond acceptors (Lipinski definition) is 5. The van der Waals surface area contributed by atoms with E-state index in [2.05, 4.69) is 22.3 Å². The van der Waals surface area contributed by atoms with Gasteiger partial charge in [0, 0.05) is 56.1 Å². The summed E-state index contributed by atoms with van der Waals surface area (Å²) in [6, 6.07) is 5.32. The first-order valence-corrected chi connectivity index (χ1v) is 10.3. The van der Waals surface area contributed by atoms with E-state index in [1.165, 1.54) is 12.8 Å². The third kappa shape index (κ3) is 3.84. The summed E-state index contributed by atoms with van der Waals surface area (Å²) >= 11 is 0. The molecule has 2 fully saturated rings. The lowest BCUT2D eigenvalue weighted by atomic mass is 9.97. The van der Waals surface area contributed by atoms with Crippen molar-refractivity contribution in [2.75, 3.05) is 27.3 Å². The van der Waals surface area contributed by atoms with Crippen molar-refractivity contribution in [2.24, 2.45) is 7.05 Å². The first-order chi connectivity index (χ1) is 13.9. The van der Waals surface area contributed by atoms with Gasteiger partial charge in [0.1, 0.15) is 11.5 Å². The molecule has 6 nitrogen and oxygen atoms in total. The number of nitrogens with zero attached hydrogens (tertiary/aromatic N) is 2. The van der Waals surface area contributed by atoms with Crippen LogP contribution in [0.4, 0.5) is 0 Å². The maximum absolute atomic E-state index is 12.3. The van der Waals surface area contributed by atoms with E-state index >= 15 is 0 Å². The fourth-order valence-electron chi connectivity index (χ4n) is 4.87. The molecule has 1 aromatic carbocycles. The van der Waals surface area contributed by atoms with E-state index in [9.17, 15) is 4.79 Å². The van der Waals surface area contributed by atoms with Crippen molar-refractivity contribution in [3.8, 4) is 22.6 Å². The molecule has 3 heterocycles. The average Bonchev–Trinajstić information content (AvgIpc) is 2.94. The molecule has 30 heavy (non-hydrogen) atoms. The Bertz CT molecular complexity index is 947. The van der Waals surface area contributed by atoms with Gasteiger partial charge < -0.3 is 19.4 Å². The predicted octanol–water partition coefficient (Wildman–Crippen LogP) is 3.04. The monoisotopic (exact) mass is 433 g/mol. The number of aromatic nitrogens is 1. The molecular formula is C23H32ClN3O3. The Balaban J connectivity index is 0.00000256. The van der Waals surface area contributed by atoms with E-state index in [-0.39, 0.29) is 18.0 Å². The standard InChI is InChI=1S/C23H31N3O3.ClH/c1-14-15(2)23(27)25(3)12-19(14)16-8-21(28-4)20(22(9-16)29-5)13-26-17-6-7-18(26)11-24-10-17;/h8-9,12,17-18,24H,6-7,10-11,13H2,1-5H3;1H. The lowest BCUT2D eigenvalue weighted by Gasteiger charge is -2.35. The molecule has 7 heteroatoms. The van der Waals surface area contributed by atoms with E-state index in [1.54, 1.807) is 25.8 Å². The molecule has 2 bridgehead atoms. The van der Waals surface area contributed by atoms with Gasteiger partial charge in [-0.3, -0.25) is 9.69 Å². The normalized spacial score (nSPS) is 20.7. The summed E-state index contributed by atoms with van der Waals surface area (Å²) in [5, 5.41) is 3.54. The van der Waals surface area contributed by atoms with Crippen molar-refractivity contribution in [2.45, 2.75) is 45.3 Å². The highest BCUT2D eigenvalue weighted by molar-refractivity contribution is 5.85. The second kappa shape index (κ2) is 9.00. The molecule has 2 aliphatic rings. The number of ether oxygens (including phenoxy) is 2. The first-order valence-electron chi connectivity index (χ1n) is 10.3. The zero-order valence-electron chi connectivity index (χ0n) is 18.4. The molecule has 1 N–H and O–H groups in total. The van der Waals surface area contributed by atoms with Crippen molar-refractivity contribution in [3.05, 3.63) is 45.4 Å². The van der Waals surface area contributed by atoms with E-state index in [0.717, 1.165) is 59.0 Å². The molecule has 2 atom stereocenters. The molecule has 2 saturated heterocycles. The van der Waals surface area contributed by atoms with E-state index in [0.29, 0.717) is 12.1 Å². The Morgan fingerprint density at radius 2 is 1.60 bits per heavy atom. The first kappa shape index (κ1) is 22.7. The zero-order valence-corrected chi connectivity index (χ0v) is 19.3. The second-order valence-corrected chi connectivity index (χ2v) is 8.28. The molecule has 164 valence electrons. The minimum absolute atomic E-state index is 0. The van der Waals surface area contributed by atoms with Gasteiger partial charge in [-0.25, -0.2) is 0 Å². The SMILES string of the molecule is COc1cc(-c2cn(C)c(=O)c(C)c2C)cc(OC)c1CN1C2CCC1CNC2.Cl. The van der Waals surface area contributed by atoms with E-state index in [4.69, 9.17) is 9.47 Å². The van der Waals surface area contributed by atoms with E-state index in [1.807, 2.05) is 20.0 Å². The highest BCUT2D eigenvalue weighted by atomic mass is 35.5. The summed E-state index contributed by atoms with van der Waals surface area (Å²) in [5.41, 5.74) is 4.92. The average molecular weight is 434 g/mol. The smallest absolute Gasteiger partial charge is 0.253 e. The number of methoxy groups -OCH3 is 2. The maximum Gasteiger partial charge on any atom is 0.253 e. The van der Waals surface area contributed by atoms with Crippen LogP contribution in [0.3, 0.4) is 0 Å². The fraction of sp³-hybridized carbons (Fsp3) is 0.522. The second-order valence-electron chi connectivity index (χ2n) is 8.28. The van der Waals surface area contributed by atoms with Gasteiger partial charge in [0.15, 0.2) is 0 Å². The summed E-state index contributed by atoms with van der Waals surface area (Å²) in [7, 11) is 5.22. The molecular weight excluding hydrogens is 402 g/mol. The minimum atomic E-state index is 0. The number of hydrogen-bond donors (Lipinski definition) is 1. The van der Waals surface area contributed by atoms with Crippen LogP contribution in [0.5, 0.6) is 11.5 Å². The lowest BCUT2D eigenvalue weighted by molar-refractivity contribution is 0.142. The molecule has 2 aromatic rings. The van der Waals surface area contributed by atoms with Crippen molar-refractivity contribution in [1.82, 2.24) is 14.8 Å². The minimum Gasteiger partial charge on any atom is -0.496 e. The van der Waals surface area contributed by atoms with Crippen molar-refractivity contribution >= 4 is 12.4 Å². The molecule has 2 aliphatic heterocycles. The highest BCUT2D eigenvalue weighted by Crippen LogP contribution is 2.39. The van der Waals surface area contributed by atoms with Gasteiger partial charge in [0.2, 0.25) is 0 Å². The Kier molecular flexibility index (Phi) is 6.80. The van der Waals surface area contributed by atoms with Gasteiger partial charge in [-0.1, -0.05) is 0 Å². The Morgan fingerprint density at radius 1 is 1.03 bits per heavy atom. The molecule has 4 rings (SSSR count). The number of aryl methyl sites for hydroxylation is 1. The van der Waals surface area contributed by atoms with Gasteiger partial charge in [-0.05, 0) is 49.9 Å². The summed E-state index contributed by atoms with van der Waals surface area (Å²) in [5.74, 6) is 1.67. The summed E-state index contributed by atoms with van der Waals surface area (Å²) in [6.07, 6.45) is 4.39. The molecule has 1 aromatic heterocycles. The highest BCUT2D eigenvalue weighted by Gasteiger charge is 2.37. The molecule has 0 amide bonds. The molecule has 0 spiro atoms. The topological polar surface area (TPSA) is 55.7 Å². The van der Waals surface area contributed by atoms with Crippen LogP contribution in [0.25, 0.3) is 11.1 Å². The summed E-state index contributed by atoms with van der Waals surface area (Å²) < 4.78 is 13.3. The fourth-order valence-corrected chi connectivity index (χ4v) is 4.87. The van der Waals surface area contributed by atoms with Crippen LogP contribution >= 0.6 is 12.4 Å². The molecule has 0 saturated carbocycles. The van der Waals surface area contributed by atoms with Crippen LogP contribution in [0, 0.1) is 13.8 Å². The number of halogens is 1. The van der Waals surface area contributed by atoms with E-state index < -0.39 is 0 Å². The molecule has 0 aliphatic carbocycles. The number of fused-ring (bicyclic) bond motifs is 2. The number of benzene rings is 1. The van der Waals surface area contributed by atoms with Gasteiger partial charge in [-0.2, -0.15) is 0 Å². The molecule has 2 unspecified atom stereocenters. The van der Waals surface area contributed by atoms with Crippen LogP contribution < -0.4 is 20.3 Å². The van der Waals surface area contributed by atoms with Gasteiger partial charge in [0.25, 0.3) is 5.56 Å². The Morgan fingerprint density at radius 3 is 2.13 bits per heavy atom. The van der Waals surface area contributed by atoms with Crippen LogP contribution in [0.1, 0.15) is 29.5 Å².